The molecule has 0 saturated carbocycles. The van der Waals surface area contributed by atoms with Crippen LogP contribution >= 0.6 is 30.8 Å². The molecule has 0 aliphatic carbocycles. The number of hydrogen-bond acceptors (Lipinski definition) is 7. The van der Waals surface area contributed by atoms with Crippen molar-refractivity contribution < 1.29 is 13.6 Å². The molecule has 1 unspecified atom stereocenters. The van der Waals surface area contributed by atoms with E-state index in [2.05, 4.69) is 24.0 Å². The molecule has 0 saturated heterocycles. The molecule has 0 amide bonds. The first-order valence-corrected chi connectivity index (χ1v) is 5.72. The van der Waals surface area contributed by atoms with Crippen molar-refractivity contribution in [2.75, 3.05) is 7.11 Å². The van der Waals surface area contributed by atoms with Crippen LogP contribution in [0.2, 0.25) is 10.6 Å². The van der Waals surface area contributed by atoms with Gasteiger partial charge in [0.1, 0.15) is 0 Å². The molecule has 1 aromatic heterocycles. The summed E-state index contributed by atoms with van der Waals surface area (Å²) in [7, 11) is -2.66. The Bertz CT molecular complexity index is 408. The summed E-state index contributed by atoms with van der Waals surface area (Å²) in [4.78, 5) is 10.5. The minimum Gasteiger partial charge on any atom is -0.408 e. The van der Waals surface area contributed by atoms with Gasteiger partial charge in [-0.15, -0.1) is 0 Å². The predicted octanol–water partition coefficient (Wildman–Crippen LogP) is 1.27. The van der Waals surface area contributed by atoms with Gasteiger partial charge in [0.25, 0.3) is 5.57 Å². The first-order valence-electron chi connectivity index (χ1n) is 3.42. The van der Waals surface area contributed by atoms with Crippen LogP contribution in [0.5, 0.6) is 0 Å². The van der Waals surface area contributed by atoms with Crippen LogP contribution in [0.4, 0.5) is 0 Å². The molecule has 1 heterocycles. The van der Waals surface area contributed by atoms with Crippen LogP contribution in [0.1, 0.15) is 0 Å². The third kappa shape index (κ3) is 2.85. The predicted molar refractivity (Wildman–Crippen MR) is 54.0 cm³/mol. The second-order valence-corrected chi connectivity index (χ2v) is 4.72. The van der Waals surface area contributed by atoms with E-state index in [1.165, 1.54) is 0 Å². The van der Waals surface area contributed by atoms with E-state index in [1.807, 2.05) is 0 Å². The van der Waals surface area contributed by atoms with E-state index in [9.17, 15) is 4.57 Å². The summed E-state index contributed by atoms with van der Waals surface area (Å²) in [6, 6.07) is 0. The molecule has 1 rings (SSSR count). The molecule has 7 nitrogen and oxygen atoms in total. The topological polar surface area (TPSA) is 98.1 Å². The molecule has 82 valence electrons. The third-order valence-electron chi connectivity index (χ3n) is 1.25. The highest BCUT2D eigenvalue weighted by molar-refractivity contribution is 7.62. The lowest BCUT2D eigenvalue weighted by molar-refractivity contribution is 0.332. The smallest absolute Gasteiger partial charge is 0.408 e. The maximum Gasteiger partial charge on any atom is 0.448 e. The average Bonchev–Trinajstić information content (AvgIpc) is 2.16. The van der Waals surface area contributed by atoms with E-state index in [0.29, 0.717) is 6.40 Å². The Morgan fingerprint density at radius 3 is 2.27 bits per heavy atom. The minimum atomic E-state index is -3.78. The number of rotatable bonds is 4. The lowest BCUT2D eigenvalue weighted by atomic mass is 11.1. The van der Waals surface area contributed by atoms with Crippen LogP contribution in [-0.4, -0.2) is 28.5 Å². The molecule has 10 heteroatoms. The van der Waals surface area contributed by atoms with Crippen LogP contribution in [0, 0.1) is 5.41 Å². The third-order valence-corrected chi connectivity index (χ3v) is 3.14. The number of halogens is 2. The Morgan fingerprint density at radius 1 is 1.33 bits per heavy atom. The highest BCUT2D eigenvalue weighted by atomic mass is 35.5. The number of nitrogens with zero attached hydrogens (tertiary/aromatic N) is 3. The fourth-order valence-corrected chi connectivity index (χ4v) is 2.08. The van der Waals surface area contributed by atoms with Gasteiger partial charge in [-0.2, -0.15) is 15.0 Å². The summed E-state index contributed by atoms with van der Waals surface area (Å²) in [5, 5.41) is 6.20. The number of hydrogen-bond donors (Lipinski definition) is 1. The van der Waals surface area contributed by atoms with Crippen molar-refractivity contribution in [3.8, 4) is 0 Å². The SMILES string of the molecule is COP(=O)(OC=N)c1nc(Cl)nc(Cl)n1. The molecule has 0 aromatic carbocycles. The first kappa shape index (κ1) is 12.3. The summed E-state index contributed by atoms with van der Waals surface area (Å²) in [5.74, 6) is 0. The molecule has 0 aliphatic rings. The molecule has 0 aliphatic heterocycles. The van der Waals surface area contributed by atoms with Gasteiger partial charge in [-0.1, -0.05) is 0 Å². The second kappa shape index (κ2) is 4.85. The molecular formula is C5H5Cl2N4O3P. The standard InChI is InChI=1S/C5H5Cl2N4O3P/c1-13-15(12,14-2-8)5-10-3(6)9-4(7)11-5/h2,8H,1H3. The maximum absolute atomic E-state index is 11.8. The van der Waals surface area contributed by atoms with E-state index < -0.39 is 7.60 Å². The zero-order valence-electron chi connectivity index (χ0n) is 7.35. The van der Waals surface area contributed by atoms with E-state index in [4.69, 9.17) is 28.6 Å². The Kier molecular flexibility index (Phi) is 3.98. The zero-order valence-corrected chi connectivity index (χ0v) is 9.75. The first-order chi connectivity index (χ1) is 7.01. The monoisotopic (exact) mass is 270 g/mol. The number of nitrogens with one attached hydrogen (secondary N) is 1. The summed E-state index contributed by atoms with van der Waals surface area (Å²) >= 11 is 11.0. The summed E-state index contributed by atoms with van der Waals surface area (Å²) in [5.41, 5.74) is -0.349. The van der Waals surface area contributed by atoms with Crippen LogP contribution in [0.25, 0.3) is 0 Å². The van der Waals surface area contributed by atoms with Crippen LogP contribution in [0.15, 0.2) is 0 Å². The average molecular weight is 271 g/mol. The molecule has 0 radical (unpaired) electrons. The van der Waals surface area contributed by atoms with Gasteiger partial charge < -0.3 is 4.52 Å². The van der Waals surface area contributed by atoms with Crippen molar-refractivity contribution in [2.45, 2.75) is 0 Å². The second-order valence-electron chi connectivity index (χ2n) is 2.08. The molecule has 15 heavy (non-hydrogen) atoms. The highest BCUT2D eigenvalue weighted by Gasteiger charge is 2.31. The Labute approximate surface area is 94.8 Å². The van der Waals surface area contributed by atoms with Gasteiger partial charge in [0.2, 0.25) is 10.6 Å². The van der Waals surface area contributed by atoms with Crippen molar-refractivity contribution in [3.05, 3.63) is 10.6 Å². The van der Waals surface area contributed by atoms with Gasteiger partial charge in [0.05, 0.1) is 0 Å². The van der Waals surface area contributed by atoms with E-state index in [1.54, 1.807) is 0 Å². The summed E-state index contributed by atoms with van der Waals surface area (Å²) in [6.45, 7) is 0. The van der Waals surface area contributed by atoms with Crippen molar-refractivity contribution in [1.29, 1.82) is 5.41 Å². The van der Waals surface area contributed by atoms with Gasteiger partial charge in [-0.05, 0) is 23.2 Å². The highest BCUT2D eigenvalue weighted by Crippen LogP contribution is 2.43. The largest absolute Gasteiger partial charge is 0.448 e. The molecular weight excluding hydrogens is 266 g/mol. The van der Waals surface area contributed by atoms with Crippen molar-refractivity contribution in [1.82, 2.24) is 15.0 Å². The lowest BCUT2D eigenvalue weighted by Crippen LogP contribution is -2.18. The van der Waals surface area contributed by atoms with E-state index >= 15 is 0 Å². The summed E-state index contributed by atoms with van der Waals surface area (Å²) < 4.78 is 20.9. The van der Waals surface area contributed by atoms with Crippen LogP contribution in [0.3, 0.4) is 0 Å². The maximum atomic E-state index is 11.8. The van der Waals surface area contributed by atoms with Crippen molar-refractivity contribution in [2.24, 2.45) is 0 Å². The normalized spacial score (nSPS) is 14.3. The Hall–Kier alpha value is -0.750. The molecule has 1 N–H and O–H groups in total. The van der Waals surface area contributed by atoms with Crippen LogP contribution < -0.4 is 5.57 Å². The molecule has 0 bridgehead atoms. The molecule has 0 fully saturated rings. The Balaban J connectivity index is 3.23. The van der Waals surface area contributed by atoms with Gasteiger partial charge in [-0.3, -0.25) is 9.93 Å². The lowest BCUT2D eigenvalue weighted by Gasteiger charge is -2.11. The van der Waals surface area contributed by atoms with E-state index in [-0.39, 0.29) is 16.1 Å². The van der Waals surface area contributed by atoms with Gasteiger partial charge in [0, 0.05) is 7.11 Å². The zero-order chi connectivity index (χ0) is 11.5. The van der Waals surface area contributed by atoms with E-state index in [0.717, 1.165) is 7.11 Å². The fourth-order valence-electron chi connectivity index (χ4n) is 0.680. The van der Waals surface area contributed by atoms with Crippen molar-refractivity contribution in [3.63, 3.8) is 0 Å². The molecule has 1 atom stereocenters. The quantitative estimate of drug-likeness (QED) is 0.503. The fraction of sp³-hybridized carbons (Fsp3) is 0.200. The molecule has 1 aromatic rings. The Morgan fingerprint density at radius 2 is 1.87 bits per heavy atom. The van der Waals surface area contributed by atoms with Crippen LogP contribution in [-0.2, 0) is 13.6 Å². The van der Waals surface area contributed by atoms with Gasteiger partial charge >= 0.3 is 7.60 Å². The molecule has 0 spiro atoms. The van der Waals surface area contributed by atoms with Gasteiger partial charge in [0.15, 0.2) is 6.40 Å². The van der Waals surface area contributed by atoms with Crippen molar-refractivity contribution >= 4 is 42.8 Å². The summed E-state index contributed by atoms with van der Waals surface area (Å²) in [6.07, 6.45) is 0.454. The number of aromatic nitrogens is 3. The minimum absolute atomic E-state index is 0.240. The van der Waals surface area contributed by atoms with Gasteiger partial charge in [-0.25, -0.2) is 4.57 Å².